The second kappa shape index (κ2) is 6.69. The molecule has 24 heavy (non-hydrogen) atoms. The van der Waals surface area contributed by atoms with Crippen LogP contribution in [0.1, 0.15) is 25.7 Å². The van der Waals surface area contributed by atoms with Gasteiger partial charge >= 0.3 is 0 Å². The lowest BCUT2D eigenvalue weighted by atomic mass is 9.94. The molecular weight excluding hydrogens is 306 g/mol. The minimum absolute atomic E-state index is 0.0892. The van der Waals surface area contributed by atoms with E-state index in [0.29, 0.717) is 19.1 Å². The largest absolute Gasteiger partial charge is 0.371 e. The molecule has 6 nitrogen and oxygen atoms in total. The molecule has 0 aliphatic carbocycles. The van der Waals surface area contributed by atoms with E-state index in [1.807, 2.05) is 29.4 Å². The van der Waals surface area contributed by atoms with Crippen molar-refractivity contribution < 1.29 is 14.3 Å². The number of carbonyl (C=O) groups excluding carboxylic acids is 1. The second-order valence-corrected chi connectivity index (χ2v) is 6.92. The summed E-state index contributed by atoms with van der Waals surface area (Å²) in [5.74, 6) is -0.0279. The fraction of sp³-hybridized carbons (Fsp3) is 0.667. The molecular formula is C18H25N3O3. The molecule has 1 aromatic rings. The molecule has 3 aliphatic rings. The number of piperidine rings is 2. The fourth-order valence-corrected chi connectivity index (χ4v) is 4.08. The van der Waals surface area contributed by atoms with Crippen molar-refractivity contribution in [2.24, 2.45) is 5.92 Å². The SMILES string of the molecule is O=C(C1CCCN(c2ccncc2)C1)N1CCC2(CC1)OCCO2. The highest BCUT2D eigenvalue weighted by molar-refractivity contribution is 5.80. The van der Waals surface area contributed by atoms with E-state index in [4.69, 9.17) is 9.47 Å². The molecule has 6 heteroatoms. The van der Waals surface area contributed by atoms with Gasteiger partial charge in [0.25, 0.3) is 0 Å². The highest BCUT2D eigenvalue weighted by Crippen LogP contribution is 2.32. The Labute approximate surface area is 142 Å². The van der Waals surface area contributed by atoms with Crippen LogP contribution in [0.3, 0.4) is 0 Å². The number of amides is 1. The summed E-state index contributed by atoms with van der Waals surface area (Å²) in [6.45, 7) is 4.65. The minimum atomic E-state index is -0.410. The maximum Gasteiger partial charge on any atom is 0.227 e. The molecule has 4 rings (SSSR count). The lowest BCUT2D eigenvalue weighted by Crippen LogP contribution is -2.51. The summed E-state index contributed by atoms with van der Waals surface area (Å²) in [6, 6.07) is 4.04. The van der Waals surface area contributed by atoms with Crippen molar-refractivity contribution in [2.45, 2.75) is 31.5 Å². The Balaban J connectivity index is 1.36. The van der Waals surface area contributed by atoms with Crippen molar-refractivity contribution >= 4 is 11.6 Å². The third-order valence-electron chi connectivity index (χ3n) is 5.45. The van der Waals surface area contributed by atoms with Crippen LogP contribution in [0.5, 0.6) is 0 Å². The number of aromatic nitrogens is 1. The van der Waals surface area contributed by atoms with Crippen molar-refractivity contribution in [1.29, 1.82) is 0 Å². The molecule has 4 heterocycles. The molecule has 0 bridgehead atoms. The van der Waals surface area contributed by atoms with E-state index < -0.39 is 5.79 Å². The topological polar surface area (TPSA) is 54.9 Å². The molecule has 3 fully saturated rings. The predicted octanol–water partition coefficient (Wildman–Crippen LogP) is 1.66. The van der Waals surface area contributed by atoms with Crippen LogP contribution >= 0.6 is 0 Å². The molecule has 1 amide bonds. The summed E-state index contributed by atoms with van der Waals surface area (Å²) >= 11 is 0. The second-order valence-electron chi connectivity index (χ2n) is 6.92. The average Bonchev–Trinajstić information content (AvgIpc) is 3.11. The number of nitrogens with zero attached hydrogens (tertiary/aromatic N) is 3. The Hall–Kier alpha value is -1.66. The molecule has 1 atom stereocenters. The molecule has 1 unspecified atom stereocenters. The van der Waals surface area contributed by atoms with Gasteiger partial charge in [-0.2, -0.15) is 0 Å². The number of rotatable bonds is 2. The van der Waals surface area contributed by atoms with Crippen molar-refractivity contribution in [1.82, 2.24) is 9.88 Å². The third-order valence-corrected chi connectivity index (χ3v) is 5.45. The highest BCUT2D eigenvalue weighted by Gasteiger charge is 2.42. The summed E-state index contributed by atoms with van der Waals surface area (Å²) in [5, 5.41) is 0. The molecule has 0 saturated carbocycles. The van der Waals surface area contributed by atoms with Gasteiger partial charge in [0, 0.05) is 57.1 Å². The maximum absolute atomic E-state index is 12.9. The zero-order valence-electron chi connectivity index (χ0n) is 14.0. The normalized spacial score (nSPS) is 26.8. The maximum atomic E-state index is 12.9. The number of carbonyl (C=O) groups is 1. The Morgan fingerprint density at radius 2 is 1.83 bits per heavy atom. The number of anilines is 1. The molecule has 0 aromatic carbocycles. The standard InChI is InChI=1S/C18H25N3O3/c22-17(20-10-5-18(6-11-20)23-12-13-24-18)15-2-1-9-21(14-15)16-3-7-19-8-4-16/h3-4,7-8,15H,1-2,5-6,9-14H2. The Kier molecular flexibility index (Phi) is 4.41. The van der Waals surface area contributed by atoms with Gasteiger partial charge in [-0.3, -0.25) is 9.78 Å². The van der Waals surface area contributed by atoms with Crippen LogP contribution in [0.25, 0.3) is 0 Å². The minimum Gasteiger partial charge on any atom is -0.371 e. The zero-order chi connectivity index (χ0) is 16.4. The smallest absolute Gasteiger partial charge is 0.227 e. The Morgan fingerprint density at radius 3 is 2.54 bits per heavy atom. The summed E-state index contributed by atoms with van der Waals surface area (Å²) < 4.78 is 11.5. The van der Waals surface area contributed by atoms with Crippen molar-refractivity contribution in [2.75, 3.05) is 44.3 Å². The zero-order valence-corrected chi connectivity index (χ0v) is 14.0. The highest BCUT2D eigenvalue weighted by atomic mass is 16.7. The van der Waals surface area contributed by atoms with Gasteiger partial charge in [-0.1, -0.05) is 0 Å². The van der Waals surface area contributed by atoms with Gasteiger partial charge in [0.2, 0.25) is 5.91 Å². The van der Waals surface area contributed by atoms with Crippen LogP contribution in [0.15, 0.2) is 24.5 Å². The van der Waals surface area contributed by atoms with Crippen LogP contribution in [-0.4, -0.2) is 61.0 Å². The van der Waals surface area contributed by atoms with Gasteiger partial charge in [-0.25, -0.2) is 0 Å². The average molecular weight is 331 g/mol. The lowest BCUT2D eigenvalue weighted by Gasteiger charge is -2.41. The van der Waals surface area contributed by atoms with E-state index in [1.165, 1.54) is 0 Å². The van der Waals surface area contributed by atoms with Gasteiger partial charge in [-0.15, -0.1) is 0 Å². The number of hydrogen-bond donors (Lipinski definition) is 0. The Morgan fingerprint density at radius 1 is 1.12 bits per heavy atom. The summed E-state index contributed by atoms with van der Waals surface area (Å²) in [5.41, 5.74) is 1.16. The number of hydrogen-bond acceptors (Lipinski definition) is 5. The van der Waals surface area contributed by atoms with Gasteiger partial charge < -0.3 is 19.3 Å². The molecule has 0 radical (unpaired) electrons. The van der Waals surface area contributed by atoms with Crippen molar-refractivity contribution in [3.8, 4) is 0 Å². The van der Waals surface area contributed by atoms with Gasteiger partial charge in [0.15, 0.2) is 5.79 Å². The van der Waals surface area contributed by atoms with Gasteiger partial charge in [0.1, 0.15) is 0 Å². The van der Waals surface area contributed by atoms with Gasteiger partial charge in [0.05, 0.1) is 19.1 Å². The van der Waals surface area contributed by atoms with Crippen molar-refractivity contribution in [3.63, 3.8) is 0 Å². The summed E-state index contributed by atoms with van der Waals surface area (Å²) in [7, 11) is 0. The Bertz CT molecular complexity index is 564. The van der Waals surface area contributed by atoms with E-state index >= 15 is 0 Å². The van der Waals surface area contributed by atoms with Crippen LogP contribution in [0.2, 0.25) is 0 Å². The number of likely N-dealkylation sites (tertiary alicyclic amines) is 1. The first-order valence-corrected chi connectivity index (χ1v) is 8.97. The molecule has 1 aromatic heterocycles. The molecule has 3 saturated heterocycles. The monoisotopic (exact) mass is 331 g/mol. The third kappa shape index (κ3) is 3.13. The van der Waals surface area contributed by atoms with E-state index in [2.05, 4.69) is 9.88 Å². The molecule has 0 N–H and O–H groups in total. The first-order chi connectivity index (χ1) is 11.8. The molecule has 130 valence electrons. The van der Waals surface area contributed by atoms with Gasteiger partial charge in [-0.05, 0) is 25.0 Å². The molecule has 3 aliphatic heterocycles. The van der Waals surface area contributed by atoms with E-state index in [1.54, 1.807) is 0 Å². The number of ether oxygens (including phenoxy) is 2. The van der Waals surface area contributed by atoms with E-state index in [9.17, 15) is 4.79 Å². The quantitative estimate of drug-likeness (QED) is 0.825. The first kappa shape index (κ1) is 15.8. The number of pyridine rings is 1. The molecule has 1 spiro atoms. The van der Waals surface area contributed by atoms with Crippen LogP contribution < -0.4 is 4.90 Å². The lowest BCUT2D eigenvalue weighted by molar-refractivity contribution is -0.188. The van der Waals surface area contributed by atoms with Crippen molar-refractivity contribution in [3.05, 3.63) is 24.5 Å². The summed E-state index contributed by atoms with van der Waals surface area (Å²) in [4.78, 5) is 21.3. The van der Waals surface area contributed by atoms with Crippen LogP contribution in [-0.2, 0) is 14.3 Å². The van der Waals surface area contributed by atoms with Crippen LogP contribution in [0.4, 0.5) is 5.69 Å². The van der Waals surface area contributed by atoms with E-state index in [-0.39, 0.29) is 5.92 Å². The van der Waals surface area contributed by atoms with E-state index in [0.717, 1.165) is 57.5 Å². The fourth-order valence-electron chi connectivity index (χ4n) is 4.08. The predicted molar refractivity (Wildman–Crippen MR) is 89.6 cm³/mol. The first-order valence-electron chi connectivity index (χ1n) is 8.97. The summed E-state index contributed by atoms with van der Waals surface area (Å²) in [6.07, 6.45) is 7.25. The van der Waals surface area contributed by atoms with Crippen LogP contribution in [0, 0.1) is 5.92 Å².